The zero-order valence-electron chi connectivity index (χ0n) is 12.3. The van der Waals surface area contributed by atoms with Crippen LogP contribution in [0.2, 0.25) is 0 Å². The van der Waals surface area contributed by atoms with Crippen molar-refractivity contribution < 1.29 is 4.79 Å². The molecule has 20 heavy (non-hydrogen) atoms. The maximum atomic E-state index is 12.8. The highest BCUT2D eigenvalue weighted by Crippen LogP contribution is 2.32. The van der Waals surface area contributed by atoms with Gasteiger partial charge in [-0.05, 0) is 19.8 Å². The summed E-state index contributed by atoms with van der Waals surface area (Å²) in [6, 6.07) is 0.169. The van der Waals surface area contributed by atoms with Crippen LogP contribution in [0.15, 0.2) is 11.3 Å². The first-order valence-corrected chi connectivity index (χ1v) is 7.39. The summed E-state index contributed by atoms with van der Waals surface area (Å²) >= 11 is 0. The fourth-order valence-corrected chi connectivity index (χ4v) is 2.92. The van der Waals surface area contributed by atoms with E-state index in [2.05, 4.69) is 28.4 Å². The average Bonchev–Trinajstić information content (AvgIpc) is 3.00. The maximum Gasteiger partial charge on any atom is 0.331 e. The van der Waals surface area contributed by atoms with Crippen LogP contribution in [0.4, 0.5) is 10.6 Å². The van der Waals surface area contributed by atoms with Gasteiger partial charge in [-0.1, -0.05) is 13.8 Å². The Kier molecular flexibility index (Phi) is 3.23. The molecule has 3 rings (SSSR count). The minimum absolute atomic E-state index is 0.0425. The van der Waals surface area contributed by atoms with Gasteiger partial charge >= 0.3 is 6.03 Å². The quantitative estimate of drug-likeness (QED) is 0.845. The monoisotopic (exact) mass is 275 g/mol. The molecule has 0 saturated heterocycles. The predicted molar refractivity (Wildman–Crippen MR) is 78.3 cm³/mol. The summed E-state index contributed by atoms with van der Waals surface area (Å²) in [5, 5.41) is 0. The number of amides is 2. The van der Waals surface area contributed by atoms with Crippen LogP contribution in [-0.4, -0.2) is 45.4 Å². The number of aromatic nitrogens is 2. The summed E-state index contributed by atoms with van der Waals surface area (Å²) in [6.07, 6.45) is 3.78. The van der Waals surface area contributed by atoms with Crippen LogP contribution >= 0.6 is 0 Å². The van der Waals surface area contributed by atoms with Crippen LogP contribution in [0.3, 0.4) is 0 Å². The van der Waals surface area contributed by atoms with Crippen LogP contribution in [0.1, 0.15) is 39.3 Å². The Morgan fingerprint density at radius 3 is 2.75 bits per heavy atom. The lowest BCUT2D eigenvalue weighted by atomic mass is 10.2. The molecule has 6 heteroatoms. The minimum Gasteiger partial charge on any atom is -0.316 e. The molecule has 1 aromatic heterocycles. The second-order valence-corrected chi connectivity index (χ2v) is 5.43. The smallest absolute Gasteiger partial charge is 0.316 e. The molecular weight excluding hydrogens is 254 g/mol. The molecule has 0 aromatic carbocycles. The van der Waals surface area contributed by atoms with E-state index in [1.807, 2.05) is 18.2 Å². The van der Waals surface area contributed by atoms with Crippen molar-refractivity contribution in [1.82, 2.24) is 14.5 Å². The van der Waals surface area contributed by atoms with E-state index >= 15 is 0 Å². The summed E-state index contributed by atoms with van der Waals surface area (Å²) in [4.78, 5) is 25.4. The maximum absolute atomic E-state index is 12.8. The third-order valence-corrected chi connectivity index (χ3v) is 3.80. The molecule has 1 aromatic rings. The number of urea groups is 1. The summed E-state index contributed by atoms with van der Waals surface area (Å²) in [6.45, 7) is 8.51. The first-order valence-electron chi connectivity index (χ1n) is 7.39. The van der Waals surface area contributed by atoms with Crippen molar-refractivity contribution in [2.75, 3.05) is 18.0 Å². The first kappa shape index (κ1) is 13.1. The highest BCUT2D eigenvalue weighted by Gasteiger charge is 2.42. The summed E-state index contributed by atoms with van der Waals surface area (Å²) in [5.41, 5.74) is 0.857. The molecule has 1 atom stereocenters. The van der Waals surface area contributed by atoms with E-state index in [0.717, 1.165) is 43.3 Å². The molecule has 6 nitrogen and oxygen atoms in total. The molecule has 0 radical (unpaired) electrons. The molecule has 1 unspecified atom stereocenters. The fraction of sp³-hybridized carbons (Fsp3) is 0.643. The Morgan fingerprint density at radius 2 is 2.05 bits per heavy atom. The minimum atomic E-state index is 0.0425. The van der Waals surface area contributed by atoms with Gasteiger partial charge in [0.2, 0.25) is 0 Å². The zero-order chi connectivity index (χ0) is 14.3. The van der Waals surface area contributed by atoms with Crippen molar-refractivity contribution in [3.63, 3.8) is 0 Å². The van der Waals surface area contributed by atoms with E-state index in [9.17, 15) is 4.79 Å². The van der Waals surface area contributed by atoms with E-state index in [4.69, 9.17) is 0 Å². The van der Waals surface area contributed by atoms with Crippen LogP contribution < -0.4 is 4.90 Å². The number of nitrogens with zero attached hydrogens (tertiary/aromatic N) is 5. The van der Waals surface area contributed by atoms with Crippen molar-refractivity contribution in [3.8, 4) is 0 Å². The van der Waals surface area contributed by atoms with Crippen molar-refractivity contribution in [1.29, 1.82) is 0 Å². The number of fused-ring (bicyclic) bond motifs is 3. The van der Waals surface area contributed by atoms with Gasteiger partial charge in [0, 0.05) is 13.1 Å². The van der Waals surface area contributed by atoms with Crippen molar-refractivity contribution in [2.24, 2.45) is 4.99 Å². The molecule has 3 heterocycles. The molecule has 2 aliphatic rings. The van der Waals surface area contributed by atoms with Gasteiger partial charge < -0.3 is 4.57 Å². The third kappa shape index (κ3) is 1.74. The number of hydrogen-bond acceptors (Lipinski definition) is 3. The van der Waals surface area contributed by atoms with Gasteiger partial charge in [-0.2, -0.15) is 0 Å². The Morgan fingerprint density at radius 1 is 1.30 bits per heavy atom. The summed E-state index contributed by atoms with van der Waals surface area (Å²) in [7, 11) is 0. The Hall–Kier alpha value is -1.85. The summed E-state index contributed by atoms with van der Waals surface area (Å²) in [5.74, 6) is 1.67. The Bertz CT molecular complexity index is 562. The first-order chi connectivity index (χ1) is 9.69. The van der Waals surface area contributed by atoms with Gasteiger partial charge in [-0.15, -0.1) is 0 Å². The number of amidine groups is 1. The molecule has 0 spiro atoms. The van der Waals surface area contributed by atoms with Crippen molar-refractivity contribution in [3.05, 3.63) is 12.0 Å². The van der Waals surface area contributed by atoms with Crippen LogP contribution in [0.25, 0.3) is 0 Å². The van der Waals surface area contributed by atoms with Gasteiger partial charge in [0.15, 0.2) is 5.84 Å². The number of aliphatic imine (C=N–C) groups is 1. The average molecular weight is 275 g/mol. The molecule has 0 fully saturated rings. The molecule has 0 aliphatic carbocycles. The highest BCUT2D eigenvalue weighted by molar-refractivity contribution is 6.18. The van der Waals surface area contributed by atoms with Crippen LogP contribution in [0, 0.1) is 0 Å². The van der Waals surface area contributed by atoms with E-state index in [-0.39, 0.29) is 12.1 Å². The Labute approximate surface area is 119 Å². The van der Waals surface area contributed by atoms with Crippen molar-refractivity contribution >= 4 is 17.7 Å². The predicted octanol–water partition coefficient (Wildman–Crippen LogP) is 2.09. The highest BCUT2D eigenvalue weighted by atomic mass is 16.2. The number of carbonyl (C=O) groups excluding carboxylic acids is 1. The number of imidazole rings is 1. The van der Waals surface area contributed by atoms with Crippen LogP contribution in [0.5, 0.6) is 0 Å². The molecule has 0 saturated carbocycles. The standard InChI is InChI=1S/C14H21N5O/c1-4-6-17-9-16-11-12-15-8-10(3)19(12)14(20)18(7-5-2)13(11)17/h9-10H,4-8H2,1-3H3. The number of anilines is 1. The Balaban J connectivity index is 2.11. The largest absolute Gasteiger partial charge is 0.331 e. The van der Waals surface area contributed by atoms with Gasteiger partial charge in [-0.3, -0.25) is 14.8 Å². The molecule has 0 N–H and O–H groups in total. The zero-order valence-corrected chi connectivity index (χ0v) is 12.3. The summed E-state index contributed by atoms with van der Waals surface area (Å²) < 4.78 is 2.08. The third-order valence-electron chi connectivity index (χ3n) is 3.80. The van der Waals surface area contributed by atoms with Crippen LogP contribution in [-0.2, 0) is 6.54 Å². The van der Waals surface area contributed by atoms with E-state index in [0.29, 0.717) is 6.54 Å². The molecule has 0 bridgehead atoms. The SMILES string of the molecule is CCCN1C(=O)N2C(=NCC2C)c2ncn(CCC)c21. The van der Waals surface area contributed by atoms with Crippen molar-refractivity contribution in [2.45, 2.75) is 46.2 Å². The van der Waals surface area contributed by atoms with Gasteiger partial charge in [0.25, 0.3) is 0 Å². The topological polar surface area (TPSA) is 53.7 Å². The van der Waals surface area contributed by atoms with E-state index < -0.39 is 0 Å². The lowest BCUT2D eigenvalue weighted by Crippen LogP contribution is -2.53. The lowest BCUT2D eigenvalue weighted by Gasteiger charge is -2.35. The molecule has 108 valence electrons. The second kappa shape index (κ2) is 4.92. The number of rotatable bonds is 4. The number of hydrogen-bond donors (Lipinski definition) is 0. The van der Waals surface area contributed by atoms with E-state index in [1.54, 1.807) is 4.90 Å². The number of aryl methyl sites for hydroxylation is 1. The lowest BCUT2D eigenvalue weighted by molar-refractivity contribution is 0.220. The van der Waals surface area contributed by atoms with Gasteiger partial charge in [0.1, 0.15) is 11.5 Å². The van der Waals surface area contributed by atoms with E-state index in [1.165, 1.54) is 0 Å². The van der Waals surface area contributed by atoms with Gasteiger partial charge in [-0.25, -0.2) is 9.78 Å². The van der Waals surface area contributed by atoms with Gasteiger partial charge in [0.05, 0.1) is 18.9 Å². The number of carbonyl (C=O) groups is 1. The normalized spacial score (nSPS) is 21.1. The molecule has 2 amide bonds. The molecule has 2 aliphatic heterocycles. The molecular formula is C14H21N5O. The fourth-order valence-electron chi connectivity index (χ4n) is 2.92. The second-order valence-electron chi connectivity index (χ2n) is 5.43.